The van der Waals surface area contributed by atoms with Gasteiger partial charge >= 0.3 is 5.97 Å². The molecule has 0 saturated carbocycles. The van der Waals surface area contributed by atoms with Gasteiger partial charge in [0.2, 0.25) is 5.91 Å². The Morgan fingerprint density at radius 3 is 2.39 bits per heavy atom. The van der Waals surface area contributed by atoms with E-state index in [1.165, 1.54) is 12.0 Å². The van der Waals surface area contributed by atoms with Crippen molar-refractivity contribution >= 4 is 33.5 Å². The van der Waals surface area contributed by atoms with Crippen LogP contribution in [-0.4, -0.2) is 48.0 Å². The van der Waals surface area contributed by atoms with Gasteiger partial charge in [-0.25, -0.2) is 4.79 Å². The van der Waals surface area contributed by atoms with Gasteiger partial charge in [-0.2, -0.15) is 0 Å². The maximum absolute atomic E-state index is 12.0. The molecule has 0 saturated heterocycles. The number of carbonyl (C=O) groups is 2. The lowest BCUT2D eigenvalue weighted by Crippen LogP contribution is -2.41. The van der Waals surface area contributed by atoms with Crippen LogP contribution in [-0.2, 0) is 14.3 Å². The molecular weight excluding hydrogens is 270 g/mol. The Kier molecular flexibility index (Phi) is 7.78. The van der Waals surface area contributed by atoms with Crippen LogP contribution in [0.3, 0.4) is 0 Å². The van der Waals surface area contributed by atoms with Gasteiger partial charge in [0.1, 0.15) is 6.04 Å². The minimum absolute atomic E-state index is 0.0253. The molecule has 0 aliphatic carbocycles. The van der Waals surface area contributed by atoms with E-state index in [4.69, 9.17) is 0 Å². The third-order valence-corrected chi connectivity index (χ3v) is 5.44. The van der Waals surface area contributed by atoms with Gasteiger partial charge < -0.3 is 9.64 Å². The van der Waals surface area contributed by atoms with Crippen molar-refractivity contribution < 1.29 is 14.3 Å². The van der Waals surface area contributed by atoms with Crippen molar-refractivity contribution in [3.8, 4) is 0 Å². The zero-order valence-electron chi connectivity index (χ0n) is 12.0. The number of hydrogen-bond donors (Lipinski definition) is 0. The predicted octanol–water partition coefficient (Wildman–Crippen LogP) is 2.58. The van der Waals surface area contributed by atoms with Crippen molar-refractivity contribution in [2.45, 2.75) is 44.4 Å². The van der Waals surface area contributed by atoms with Gasteiger partial charge in [0.15, 0.2) is 0 Å². The molecule has 0 heterocycles. The third-order valence-electron chi connectivity index (χ3n) is 2.77. The average Bonchev–Trinajstić information content (AvgIpc) is 2.33. The molecule has 4 nitrogen and oxygen atoms in total. The first-order valence-corrected chi connectivity index (χ1v) is 8.36. The lowest BCUT2D eigenvalue weighted by molar-refractivity contribution is -0.151. The van der Waals surface area contributed by atoms with Gasteiger partial charge in [0.25, 0.3) is 0 Å². The number of ether oxygens (including phenoxy) is 1. The number of likely N-dealkylation sites (N-methyl/N-ethyl adjacent to an activating group) is 1. The van der Waals surface area contributed by atoms with Crippen LogP contribution in [0.25, 0.3) is 0 Å². The normalized spacial score (nSPS) is 13.0. The number of methoxy groups -OCH3 is 1. The van der Waals surface area contributed by atoms with Gasteiger partial charge in [0.05, 0.1) is 7.11 Å². The first-order valence-electron chi connectivity index (χ1n) is 5.80. The smallest absolute Gasteiger partial charge is 0.328 e. The monoisotopic (exact) mass is 293 g/mol. The van der Waals surface area contributed by atoms with Gasteiger partial charge in [-0.1, -0.05) is 21.6 Å². The summed E-state index contributed by atoms with van der Waals surface area (Å²) in [7, 11) is 6.43. The highest BCUT2D eigenvalue weighted by atomic mass is 33.1. The second kappa shape index (κ2) is 7.94. The molecule has 0 aromatic heterocycles. The van der Waals surface area contributed by atoms with Gasteiger partial charge in [-0.05, 0) is 33.4 Å². The number of amides is 1. The Morgan fingerprint density at radius 2 is 1.94 bits per heavy atom. The largest absolute Gasteiger partial charge is 0.467 e. The first-order chi connectivity index (χ1) is 8.25. The Balaban J connectivity index is 4.29. The highest BCUT2D eigenvalue weighted by Gasteiger charge is 2.25. The van der Waals surface area contributed by atoms with Crippen molar-refractivity contribution in [2.75, 3.05) is 20.4 Å². The number of esters is 1. The lowest BCUT2D eigenvalue weighted by atomic mass is 10.1. The maximum atomic E-state index is 12.0. The molecular formula is C12H23NO3S2. The van der Waals surface area contributed by atoms with Gasteiger partial charge in [-0.15, -0.1) is 0 Å². The minimum atomic E-state index is -0.529. The average molecular weight is 293 g/mol. The van der Waals surface area contributed by atoms with E-state index in [2.05, 4.69) is 18.6 Å². The van der Waals surface area contributed by atoms with E-state index in [0.717, 1.165) is 6.42 Å². The van der Waals surface area contributed by atoms with Crippen LogP contribution in [0.2, 0.25) is 0 Å². The number of nitrogens with zero attached hydrogens (tertiary/aromatic N) is 1. The molecule has 0 rings (SSSR count). The number of rotatable bonds is 7. The highest BCUT2D eigenvalue weighted by Crippen LogP contribution is 2.37. The fourth-order valence-corrected chi connectivity index (χ4v) is 3.64. The summed E-state index contributed by atoms with van der Waals surface area (Å²) in [4.78, 5) is 24.7. The summed E-state index contributed by atoms with van der Waals surface area (Å²) < 4.78 is 4.69. The molecule has 0 aromatic rings. The van der Waals surface area contributed by atoms with Crippen molar-refractivity contribution in [1.82, 2.24) is 4.90 Å². The van der Waals surface area contributed by atoms with Crippen LogP contribution < -0.4 is 0 Å². The van der Waals surface area contributed by atoms with E-state index in [-0.39, 0.29) is 16.6 Å². The molecule has 106 valence electrons. The zero-order valence-corrected chi connectivity index (χ0v) is 13.6. The van der Waals surface area contributed by atoms with E-state index in [9.17, 15) is 9.59 Å². The van der Waals surface area contributed by atoms with Crippen LogP contribution in [0, 0.1) is 0 Å². The standard InChI is InChI=1S/C12H23NO3S2/c1-9(11(15)16-5)13(4)10(14)7-8-12(2,3)18-17-6/h9H,7-8H2,1-6H3/t9-/m0/s1. The second-order valence-electron chi connectivity index (χ2n) is 4.71. The molecule has 6 heteroatoms. The van der Waals surface area contributed by atoms with Crippen LogP contribution in [0.4, 0.5) is 0 Å². The fraction of sp³-hybridized carbons (Fsp3) is 0.833. The van der Waals surface area contributed by atoms with E-state index < -0.39 is 6.04 Å². The van der Waals surface area contributed by atoms with E-state index in [0.29, 0.717) is 6.42 Å². The summed E-state index contributed by atoms with van der Waals surface area (Å²) in [6.07, 6.45) is 3.26. The molecule has 0 spiro atoms. The van der Waals surface area contributed by atoms with E-state index in [1.54, 1.807) is 35.6 Å². The molecule has 18 heavy (non-hydrogen) atoms. The Morgan fingerprint density at radius 1 is 1.39 bits per heavy atom. The highest BCUT2D eigenvalue weighted by molar-refractivity contribution is 8.76. The molecule has 0 aromatic carbocycles. The first kappa shape index (κ1) is 17.6. The summed E-state index contributed by atoms with van der Waals surface area (Å²) in [5.41, 5.74) is 0. The number of hydrogen-bond acceptors (Lipinski definition) is 5. The Bertz CT molecular complexity index is 295. The maximum Gasteiger partial charge on any atom is 0.328 e. The molecule has 0 radical (unpaired) electrons. The van der Waals surface area contributed by atoms with Crippen molar-refractivity contribution in [1.29, 1.82) is 0 Å². The number of carbonyl (C=O) groups excluding carboxylic acids is 2. The Labute approximate surface area is 118 Å². The van der Waals surface area contributed by atoms with Crippen molar-refractivity contribution in [3.05, 3.63) is 0 Å². The van der Waals surface area contributed by atoms with E-state index >= 15 is 0 Å². The molecule has 0 unspecified atom stereocenters. The summed E-state index contributed by atoms with van der Waals surface area (Å²) in [6.45, 7) is 5.90. The van der Waals surface area contributed by atoms with Gasteiger partial charge in [-0.3, -0.25) is 4.79 Å². The quantitative estimate of drug-likeness (QED) is 0.533. The minimum Gasteiger partial charge on any atom is -0.467 e. The lowest BCUT2D eigenvalue weighted by Gasteiger charge is -2.26. The molecule has 0 aliphatic rings. The SMILES string of the molecule is COC(=O)[C@H](C)N(C)C(=O)CCC(C)(C)SSC. The summed E-state index contributed by atoms with van der Waals surface area (Å²) in [5.74, 6) is -0.411. The molecule has 0 N–H and O–H groups in total. The topological polar surface area (TPSA) is 46.6 Å². The van der Waals surface area contributed by atoms with E-state index in [1.807, 2.05) is 6.26 Å². The molecule has 0 aliphatic heterocycles. The fourth-order valence-electron chi connectivity index (χ4n) is 1.40. The van der Waals surface area contributed by atoms with Crippen LogP contribution in [0.15, 0.2) is 0 Å². The molecule has 0 fully saturated rings. The molecule has 1 atom stereocenters. The Hall–Kier alpha value is -0.360. The predicted molar refractivity (Wildman–Crippen MR) is 78.7 cm³/mol. The third kappa shape index (κ3) is 6.00. The summed E-state index contributed by atoms with van der Waals surface area (Å²) in [6, 6.07) is -0.529. The molecule has 0 bridgehead atoms. The van der Waals surface area contributed by atoms with Crippen molar-refractivity contribution in [2.24, 2.45) is 0 Å². The van der Waals surface area contributed by atoms with Crippen LogP contribution in [0.1, 0.15) is 33.6 Å². The summed E-state index contributed by atoms with van der Waals surface area (Å²) >= 11 is 0. The van der Waals surface area contributed by atoms with Crippen LogP contribution >= 0.6 is 21.6 Å². The van der Waals surface area contributed by atoms with Gasteiger partial charge in [0, 0.05) is 18.2 Å². The second-order valence-corrected chi connectivity index (χ2v) is 7.82. The zero-order chi connectivity index (χ0) is 14.3. The summed E-state index contributed by atoms with van der Waals surface area (Å²) in [5, 5.41) is 0. The van der Waals surface area contributed by atoms with Crippen molar-refractivity contribution in [3.63, 3.8) is 0 Å². The van der Waals surface area contributed by atoms with Crippen LogP contribution in [0.5, 0.6) is 0 Å². The molecule has 1 amide bonds.